The summed E-state index contributed by atoms with van der Waals surface area (Å²) in [6.45, 7) is 1.62. The molecule has 0 saturated heterocycles. The van der Waals surface area contributed by atoms with Gasteiger partial charge in [0.1, 0.15) is 0 Å². The highest BCUT2D eigenvalue weighted by Gasteiger charge is 2.17. The minimum absolute atomic E-state index is 0.264. The van der Waals surface area contributed by atoms with Gasteiger partial charge in [0.25, 0.3) is 0 Å². The van der Waals surface area contributed by atoms with Crippen LogP contribution in [0, 0.1) is 17.8 Å². The second kappa shape index (κ2) is 4.03. The molecule has 0 bridgehead atoms. The number of hydrogen-bond acceptors (Lipinski definition) is 3. The van der Waals surface area contributed by atoms with Crippen LogP contribution < -0.4 is 5.46 Å². The molecule has 0 unspecified atom stereocenters. The van der Waals surface area contributed by atoms with E-state index in [1.54, 1.807) is 6.92 Å². The Morgan fingerprint density at radius 3 is 2.77 bits per heavy atom. The summed E-state index contributed by atoms with van der Waals surface area (Å²) < 4.78 is 12.8. The van der Waals surface area contributed by atoms with Gasteiger partial charge >= 0.3 is 7.12 Å². The average molecular weight is 179 g/mol. The second-order valence-corrected chi connectivity index (χ2v) is 2.35. The molecule has 0 amide bonds. The number of halogens is 1. The van der Waals surface area contributed by atoms with E-state index in [2.05, 4.69) is 16.8 Å². The molecular weight excluding hydrogens is 172 g/mol. The molecule has 1 aromatic rings. The summed E-state index contributed by atoms with van der Waals surface area (Å²) in [7, 11) is -1.86. The van der Waals surface area contributed by atoms with Gasteiger partial charge in [-0.15, -0.1) is 5.92 Å². The first-order valence-electron chi connectivity index (χ1n) is 3.59. The Kier molecular flexibility index (Phi) is 3.01. The lowest BCUT2D eigenvalue weighted by Gasteiger charge is -2.00. The molecule has 2 N–H and O–H groups in total. The lowest BCUT2D eigenvalue weighted by Crippen LogP contribution is -2.33. The third-order valence-corrected chi connectivity index (χ3v) is 1.41. The number of hydrogen-bond donors (Lipinski definition) is 2. The highest BCUT2D eigenvalue weighted by molar-refractivity contribution is 6.58. The van der Waals surface area contributed by atoms with E-state index in [0.717, 1.165) is 0 Å². The molecule has 0 aliphatic rings. The average Bonchev–Trinajstić information content (AvgIpc) is 2.08. The van der Waals surface area contributed by atoms with Crippen LogP contribution in [-0.4, -0.2) is 22.2 Å². The third-order valence-electron chi connectivity index (χ3n) is 1.41. The maximum absolute atomic E-state index is 12.8. The molecule has 0 aliphatic heterocycles. The van der Waals surface area contributed by atoms with Crippen LogP contribution in [0.1, 0.15) is 12.5 Å². The molecule has 0 atom stereocenters. The number of aromatic nitrogens is 1. The summed E-state index contributed by atoms with van der Waals surface area (Å²) in [5.74, 6) is 4.33. The van der Waals surface area contributed by atoms with Crippen molar-refractivity contribution >= 4 is 12.6 Å². The quantitative estimate of drug-likeness (QED) is 0.339. The van der Waals surface area contributed by atoms with E-state index >= 15 is 0 Å². The van der Waals surface area contributed by atoms with Gasteiger partial charge in [0, 0.05) is 17.2 Å². The first-order valence-corrected chi connectivity index (χ1v) is 3.59. The van der Waals surface area contributed by atoms with E-state index in [-0.39, 0.29) is 5.46 Å². The molecule has 0 radical (unpaired) electrons. The van der Waals surface area contributed by atoms with Gasteiger partial charge in [0.2, 0.25) is 5.95 Å². The van der Waals surface area contributed by atoms with Crippen LogP contribution in [0.3, 0.4) is 0 Å². The molecule has 1 rings (SSSR count). The van der Waals surface area contributed by atoms with Crippen molar-refractivity contribution in [1.82, 2.24) is 4.98 Å². The highest BCUT2D eigenvalue weighted by atomic mass is 19.1. The molecule has 13 heavy (non-hydrogen) atoms. The van der Waals surface area contributed by atoms with Crippen molar-refractivity contribution in [3.63, 3.8) is 0 Å². The molecule has 0 fully saturated rings. The monoisotopic (exact) mass is 179 g/mol. The zero-order chi connectivity index (χ0) is 9.84. The lowest BCUT2D eigenvalue weighted by atomic mass is 9.80. The molecule has 0 spiro atoms. The molecular formula is C8H7BFNO2. The standard InChI is InChI=1S/C8H7BFNO2/c1-2-3-6-4-7(9(12)13)8(10)11-5-6/h4-5,12-13H,1H3. The van der Waals surface area contributed by atoms with Gasteiger partial charge in [0.05, 0.1) is 0 Å². The van der Waals surface area contributed by atoms with Crippen LogP contribution in [0.25, 0.3) is 0 Å². The Hall–Kier alpha value is -1.38. The van der Waals surface area contributed by atoms with Crippen molar-refractivity contribution in [2.24, 2.45) is 0 Å². The van der Waals surface area contributed by atoms with Crippen LogP contribution in [0.2, 0.25) is 0 Å². The normalized spacial score (nSPS) is 8.92. The van der Waals surface area contributed by atoms with Gasteiger partial charge in [0.15, 0.2) is 0 Å². The van der Waals surface area contributed by atoms with Gasteiger partial charge in [-0.3, -0.25) is 0 Å². The maximum Gasteiger partial charge on any atom is 0.493 e. The summed E-state index contributed by atoms with van der Waals surface area (Å²) in [4.78, 5) is 3.33. The molecule has 0 saturated carbocycles. The Labute approximate surface area is 75.4 Å². The Bertz CT molecular complexity index is 370. The molecule has 0 aliphatic carbocycles. The molecule has 5 heteroatoms. The van der Waals surface area contributed by atoms with E-state index in [1.807, 2.05) is 0 Å². The predicted octanol–water partition coefficient (Wildman–Crippen LogP) is -0.728. The Morgan fingerprint density at radius 1 is 1.54 bits per heavy atom. The Morgan fingerprint density at radius 2 is 2.23 bits per heavy atom. The van der Waals surface area contributed by atoms with Crippen LogP contribution in [-0.2, 0) is 0 Å². The van der Waals surface area contributed by atoms with Gasteiger partial charge in [-0.1, -0.05) is 5.92 Å². The van der Waals surface area contributed by atoms with Crippen LogP contribution in [0.15, 0.2) is 12.3 Å². The summed E-state index contributed by atoms with van der Waals surface area (Å²) in [6.07, 6.45) is 1.23. The number of rotatable bonds is 1. The van der Waals surface area contributed by atoms with E-state index in [4.69, 9.17) is 10.0 Å². The van der Waals surface area contributed by atoms with E-state index in [0.29, 0.717) is 5.56 Å². The van der Waals surface area contributed by atoms with Crippen molar-refractivity contribution in [3.05, 3.63) is 23.8 Å². The molecule has 1 heterocycles. The fraction of sp³-hybridized carbons (Fsp3) is 0.125. The fourth-order valence-electron chi connectivity index (χ4n) is 0.859. The zero-order valence-electron chi connectivity index (χ0n) is 6.95. The van der Waals surface area contributed by atoms with Crippen LogP contribution in [0.5, 0.6) is 0 Å². The van der Waals surface area contributed by atoms with Gasteiger partial charge < -0.3 is 10.0 Å². The van der Waals surface area contributed by atoms with Gasteiger partial charge in [-0.25, -0.2) is 4.98 Å². The smallest absolute Gasteiger partial charge is 0.423 e. The van der Waals surface area contributed by atoms with Gasteiger partial charge in [-0.2, -0.15) is 4.39 Å². The number of nitrogens with zero attached hydrogens (tertiary/aromatic N) is 1. The minimum Gasteiger partial charge on any atom is -0.423 e. The summed E-state index contributed by atoms with van der Waals surface area (Å²) in [5.41, 5.74) is 0.187. The summed E-state index contributed by atoms with van der Waals surface area (Å²) >= 11 is 0. The van der Waals surface area contributed by atoms with Crippen molar-refractivity contribution in [3.8, 4) is 11.8 Å². The zero-order valence-corrected chi connectivity index (χ0v) is 6.95. The second-order valence-electron chi connectivity index (χ2n) is 2.35. The van der Waals surface area contributed by atoms with Gasteiger partial charge in [-0.05, 0) is 13.0 Å². The van der Waals surface area contributed by atoms with Crippen LogP contribution in [0.4, 0.5) is 4.39 Å². The van der Waals surface area contributed by atoms with Crippen molar-refractivity contribution < 1.29 is 14.4 Å². The summed E-state index contributed by atoms with van der Waals surface area (Å²) in [5, 5.41) is 17.4. The van der Waals surface area contributed by atoms with Crippen molar-refractivity contribution in [2.75, 3.05) is 0 Å². The molecule has 1 aromatic heterocycles. The fourth-order valence-corrected chi connectivity index (χ4v) is 0.859. The largest absolute Gasteiger partial charge is 0.493 e. The first kappa shape index (κ1) is 9.71. The minimum atomic E-state index is -1.86. The maximum atomic E-state index is 12.8. The van der Waals surface area contributed by atoms with E-state index in [1.165, 1.54) is 12.3 Å². The highest BCUT2D eigenvalue weighted by Crippen LogP contribution is 1.95. The lowest BCUT2D eigenvalue weighted by molar-refractivity contribution is 0.422. The number of pyridine rings is 1. The topological polar surface area (TPSA) is 53.4 Å². The SMILES string of the molecule is CC#Cc1cnc(F)c(B(O)O)c1. The van der Waals surface area contributed by atoms with Crippen molar-refractivity contribution in [2.45, 2.75) is 6.92 Å². The van der Waals surface area contributed by atoms with Crippen LogP contribution >= 0.6 is 0 Å². The molecule has 0 aromatic carbocycles. The third kappa shape index (κ3) is 2.28. The van der Waals surface area contributed by atoms with Crippen molar-refractivity contribution in [1.29, 1.82) is 0 Å². The Balaban J connectivity index is 3.16. The first-order chi connectivity index (χ1) is 6.15. The van der Waals surface area contributed by atoms with E-state index in [9.17, 15) is 4.39 Å². The summed E-state index contributed by atoms with van der Waals surface area (Å²) in [6, 6.07) is 1.25. The van der Waals surface area contributed by atoms with E-state index < -0.39 is 13.1 Å². The predicted molar refractivity (Wildman–Crippen MR) is 46.6 cm³/mol. The molecule has 3 nitrogen and oxygen atoms in total. The molecule has 66 valence electrons.